The molecule has 0 aliphatic heterocycles. The molecule has 2 nitrogen and oxygen atoms in total. The molecule has 0 amide bonds. The number of halogens is 4. The van der Waals surface area contributed by atoms with Crippen LogP contribution in [-0.2, 0) is 11.8 Å². The number of methoxy groups -OCH3 is 1. The molecule has 1 N–H and O–H groups in total. The van der Waals surface area contributed by atoms with E-state index in [1.54, 1.807) is 0 Å². The van der Waals surface area contributed by atoms with Gasteiger partial charge in [-0.3, -0.25) is 0 Å². The summed E-state index contributed by atoms with van der Waals surface area (Å²) < 4.78 is 43.0. The van der Waals surface area contributed by atoms with Gasteiger partial charge in [-0.05, 0) is 41.9 Å². The highest BCUT2D eigenvalue weighted by atomic mass is 79.9. The molecule has 0 bridgehead atoms. The van der Waals surface area contributed by atoms with Crippen molar-refractivity contribution in [3.8, 4) is 5.75 Å². The molecule has 0 atom stereocenters. The highest BCUT2D eigenvalue weighted by molar-refractivity contribution is 9.10. The van der Waals surface area contributed by atoms with Crippen molar-refractivity contribution in [3.05, 3.63) is 27.7 Å². The molecule has 96 valence electrons. The van der Waals surface area contributed by atoms with Crippen molar-refractivity contribution in [2.45, 2.75) is 25.6 Å². The fourth-order valence-electron chi connectivity index (χ4n) is 1.42. The molecule has 0 unspecified atom stereocenters. The minimum atomic E-state index is -4.46. The summed E-state index contributed by atoms with van der Waals surface area (Å²) in [5.74, 6) is 0.200. The van der Waals surface area contributed by atoms with Gasteiger partial charge in [0, 0.05) is 5.56 Å². The monoisotopic (exact) mass is 312 g/mol. The summed E-state index contributed by atoms with van der Waals surface area (Å²) in [6.07, 6.45) is -4.46. The highest BCUT2D eigenvalue weighted by Crippen LogP contribution is 2.41. The lowest BCUT2D eigenvalue weighted by Gasteiger charge is -2.23. The van der Waals surface area contributed by atoms with Gasteiger partial charge in [0.25, 0.3) is 0 Å². The van der Waals surface area contributed by atoms with Crippen LogP contribution in [0.3, 0.4) is 0 Å². The second kappa shape index (κ2) is 4.49. The SMILES string of the molecule is COc1c(Br)cc(C(F)(F)F)cc1C(C)(C)O. The Balaban J connectivity index is 3.51. The Morgan fingerprint density at radius 1 is 1.24 bits per heavy atom. The van der Waals surface area contributed by atoms with E-state index in [-0.39, 0.29) is 15.8 Å². The lowest BCUT2D eigenvalue weighted by Crippen LogP contribution is -2.19. The van der Waals surface area contributed by atoms with Crippen molar-refractivity contribution in [3.63, 3.8) is 0 Å². The van der Waals surface area contributed by atoms with Gasteiger partial charge in [0.15, 0.2) is 0 Å². The van der Waals surface area contributed by atoms with Crippen LogP contribution >= 0.6 is 15.9 Å². The van der Waals surface area contributed by atoms with Gasteiger partial charge < -0.3 is 9.84 Å². The lowest BCUT2D eigenvalue weighted by atomic mass is 9.95. The van der Waals surface area contributed by atoms with E-state index in [2.05, 4.69) is 15.9 Å². The summed E-state index contributed by atoms with van der Waals surface area (Å²) in [7, 11) is 1.34. The molecule has 0 aliphatic rings. The summed E-state index contributed by atoms with van der Waals surface area (Å²) >= 11 is 3.01. The van der Waals surface area contributed by atoms with E-state index in [0.717, 1.165) is 12.1 Å². The van der Waals surface area contributed by atoms with Crippen LogP contribution in [0.5, 0.6) is 5.75 Å². The maximum atomic E-state index is 12.6. The summed E-state index contributed by atoms with van der Waals surface area (Å²) in [4.78, 5) is 0. The molecular weight excluding hydrogens is 301 g/mol. The summed E-state index contributed by atoms with van der Waals surface area (Å²) in [6, 6.07) is 1.82. The fraction of sp³-hybridized carbons (Fsp3) is 0.455. The van der Waals surface area contributed by atoms with Crippen molar-refractivity contribution in [2.24, 2.45) is 0 Å². The molecule has 1 aromatic rings. The van der Waals surface area contributed by atoms with E-state index in [9.17, 15) is 18.3 Å². The topological polar surface area (TPSA) is 29.5 Å². The second-order valence-corrected chi connectivity index (χ2v) is 4.95. The Morgan fingerprint density at radius 2 is 1.76 bits per heavy atom. The Kier molecular flexibility index (Phi) is 3.78. The predicted molar refractivity (Wildman–Crippen MR) is 60.9 cm³/mol. The zero-order valence-electron chi connectivity index (χ0n) is 9.52. The van der Waals surface area contributed by atoms with Crippen LogP contribution in [0, 0.1) is 0 Å². The van der Waals surface area contributed by atoms with Gasteiger partial charge in [-0.15, -0.1) is 0 Å². The van der Waals surface area contributed by atoms with E-state index >= 15 is 0 Å². The third-order valence-corrected chi connectivity index (χ3v) is 2.82. The minimum absolute atomic E-state index is 0.0849. The number of ether oxygens (including phenoxy) is 1. The van der Waals surface area contributed by atoms with Crippen LogP contribution in [0.4, 0.5) is 13.2 Å². The summed E-state index contributed by atoms with van der Waals surface area (Å²) in [5, 5.41) is 9.85. The molecule has 17 heavy (non-hydrogen) atoms. The summed E-state index contributed by atoms with van der Waals surface area (Å²) in [5.41, 5.74) is -2.17. The van der Waals surface area contributed by atoms with Crippen LogP contribution in [0.2, 0.25) is 0 Å². The largest absolute Gasteiger partial charge is 0.495 e. The molecule has 0 radical (unpaired) electrons. The van der Waals surface area contributed by atoms with E-state index in [1.165, 1.54) is 21.0 Å². The van der Waals surface area contributed by atoms with Crippen molar-refractivity contribution in [1.29, 1.82) is 0 Å². The van der Waals surface area contributed by atoms with Gasteiger partial charge in [-0.1, -0.05) is 0 Å². The average Bonchev–Trinajstić information content (AvgIpc) is 2.13. The molecule has 0 heterocycles. The quantitative estimate of drug-likeness (QED) is 0.902. The van der Waals surface area contributed by atoms with E-state index in [4.69, 9.17) is 4.74 Å². The first-order chi connectivity index (χ1) is 7.57. The Hall–Kier alpha value is -0.750. The van der Waals surface area contributed by atoms with Gasteiger partial charge >= 0.3 is 6.18 Å². The van der Waals surface area contributed by atoms with E-state index in [1.807, 2.05) is 0 Å². The molecular formula is C11H12BrF3O2. The van der Waals surface area contributed by atoms with E-state index < -0.39 is 17.3 Å². The van der Waals surface area contributed by atoms with Crippen LogP contribution in [-0.4, -0.2) is 12.2 Å². The summed E-state index contributed by atoms with van der Waals surface area (Å²) in [6.45, 7) is 2.80. The first-order valence-corrected chi connectivity index (χ1v) is 5.54. The molecule has 0 fully saturated rings. The number of rotatable bonds is 2. The molecule has 0 spiro atoms. The van der Waals surface area contributed by atoms with Crippen LogP contribution in [0.15, 0.2) is 16.6 Å². The molecule has 1 aromatic carbocycles. The molecule has 0 aromatic heterocycles. The number of benzene rings is 1. The maximum Gasteiger partial charge on any atom is 0.416 e. The zero-order valence-corrected chi connectivity index (χ0v) is 11.1. The van der Waals surface area contributed by atoms with Crippen molar-refractivity contribution in [1.82, 2.24) is 0 Å². The number of hydrogen-bond donors (Lipinski definition) is 1. The number of aliphatic hydroxyl groups is 1. The standard InChI is InChI=1S/C11H12BrF3O2/c1-10(2,16)7-4-6(11(13,14)15)5-8(12)9(7)17-3/h4-5,16H,1-3H3. The van der Waals surface area contributed by atoms with Crippen LogP contribution in [0.25, 0.3) is 0 Å². The zero-order chi connectivity index (χ0) is 13.4. The third-order valence-electron chi connectivity index (χ3n) is 2.23. The normalized spacial score (nSPS) is 12.7. The van der Waals surface area contributed by atoms with E-state index in [0.29, 0.717) is 0 Å². The van der Waals surface area contributed by atoms with Crippen molar-refractivity contribution in [2.75, 3.05) is 7.11 Å². The smallest absolute Gasteiger partial charge is 0.416 e. The van der Waals surface area contributed by atoms with Gasteiger partial charge in [0.1, 0.15) is 5.75 Å². The first kappa shape index (κ1) is 14.3. The molecule has 6 heteroatoms. The number of hydrogen-bond acceptors (Lipinski definition) is 2. The molecule has 0 saturated heterocycles. The van der Waals surface area contributed by atoms with Crippen molar-refractivity contribution < 1.29 is 23.0 Å². The Labute approximate surface area is 106 Å². The second-order valence-electron chi connectivity index (χ2n) is 4.10. The van der Waals surface area contributed by atoms with Gasteiger partial charge in [0.2, 0.25) is 0 Å². The van der Waals surface area contributed by atoms with Gasteiger partial charge in [-0.25, -0.2) is 0 Å². The van der Waals surface area contributed by atoms with Gasteiger partial charge in [0.05, 0.1) is 22.7 Å². The maximum absolute atomic E-state index is 12.6. The number of alkyl halides is 3. The third kappa shape index (κ3) is 3.13. The Bertz CT molecular complexity index is 422. The Morgan fingerprint density at radius 3 is 2.12 bits per heavy atom. The molecule has 1 rings (SSSR count). The van der Waals surface area contributed by atoms with Gasteiger partial charge in [-0.2, -0.15) is 13.2 Å². The lowest BCUT2D eigenvalue weighted by molar-refractivity contribution is -0.137. The predicted octanol–water partition coefficient (Wildman–Crippen LogP) is 3.70. The van der Waals surface area contributed by atoms with Crippen molar-refractivity contribution >= 4 is 15.9 Å². The first-order valence-electron chi connectivity index (χ1n) is 4.75. The van der Waals surface area contributed by atoms with Crippen LogP contribution < -0.4 is 4.74 Å². The van der Waals surface area contributed by atoms with Crippen LogP contribution in [0.1, 0.15) is 25.0 Å². The fourth-order valence-corrected chi connectivity index (χ4v) is 2.04. The average molecular weight is 313 g/mol. The molecule has 0 aliphatic carbocycles. The minimum Gasteiger partial charge on any atom is -0.495 e. The molecule has 0 saturated carbocycles. The highest BCUT2D eigenvalue weighted by Gasteiger charge is 2.34.